The maximum atomic E-state index is 3.47. The minimum atomic E-state index is 0.627. The van der Waals surface area contributed by atoms with E-state index in [2.05, 4.69) is 53.4 Å². The van der Waals surface area contributed by atoms with Crippen molar-refractivity contribution < 1.29 is 0 Å². The van der Waals surface area contributed by atoms with Gasteiger partial charge < -0.3 is 10.2 Å². The van der Waals surface area contributed by atoms with Gasteiger partial charge in [0, 0.05) is 38.4 Å². The summed E-state index contributed by atoms with van der Waals surface area (Å²) in [5.41, 5.74) is 2.89. The lowest BCUT2D eigenvalue weighted by Gasteiger charge is -2.33. The van der Waals surface area contributed by atoms with Gasteiger partial charge in [0.2, 0.25) is 0 Å². The molecule has 1 unspecified atom stereocenters. The lowest BCUT2D eigenvalue weighted by molar-refractivity contribution is 0.159. The summed E-state index contributed by atoms with van der Waals surface area (Å²) in [6.45, 7) is 8.26. The maximum absolute atomic E-state index is 3.47. The van der Waals surface area contributed by atoms with Crippen molar-refractivity contribution in [2.75, 3.05) is 38.1 Å². The molecule has 0 aliphatic carbocycles. The molecule has 0 radical (unpaired) electrons. The highest BCUT2D eigenvalue weighted by molar-refractivity contribution is 5.53. The zero-order valence-corrected chi connectivity index (χ0v) is 12.8. The number of nitrogens with one attached hydrogen (secondary N) is 1. The van der Waals surface area contributed by atoms with Crippen LogP contribution in [0.25, 0.3) is 0 Å². The van der Waals surface area contributed by atoms with Crippen LogP contribution in [-0.2, 0) is 6.54 Å². The van der Waals surface area contributed by atoms with E-state index in [1.165, 1.54) is 43.7 Å². The normalized spacial score (nSPS) is 25.3. The summed E-state index contributed by atoms with van der Waals surface area (Å²) in [6.07, 6.45) is 2.67. The van der Waals surface area contributed by atoms with Gasteiger partial charge in [0.1, 0.15) is 0 Å². The molecule has 3 nitrogen and oxygen atoms in total. The monoisotopic (exact) mass is 273 g/mol. The number of nitrogens with zero attached hydrogens (tertiary/aromatic N) is 2. The van der Waals surface area contributed by atoms with E-state index in [0.717, 1.165) is 19.0 Å². The van der Waals surface area contributed by atoms with Crippen LogP contribution in [0, 0.1) is 5.92 Å². The predicted octanol–water partition coefficient (Wildman–Crippen LogP) is 2.33. The first-order valence-corrected chi connectivity index (χ1v) is 7.98. The molecule has 1 aromatic carbocycles. The smallest absolute Gasteiger partial charge is 0.0409 e. The average molecular weight is 273 g/mol. The molecule has 0 amide bonds. The Labute approximate surface area is 123 Å². The summed E-state index contributed by atoms with van der Waals surface area (Å²) in [5.74, 6) is 0.870. The van der Waals surface area contributed by atoms with Gasteiger partial charge >= 0.3 is 0 Å². The lowest BCUT2D eigenvalue weighted by Crippen LogP contribution is -2.42. The molecule has 2 aliphatic rings. The summed E-state index contributed by atoms with van der Waals surface area (Å²) < 4.78 is 0. The molecule has 3 heteroatoms. The second-order valence-electron chi connectivity index (χ2n) is 6.48. The number of para-hydroxylation sites is 1. The van der Waals surface area contributed by atoms with Gasteiger partial charge in [0.05, 0.1) is 0 Å². The molecule has 1 aromatic rings. The quantitative estimate of drug-likeness (QED) is 0.892. The predicted molar refractivity (Wildman–Crippen MR) is 85.2 cm³/mol. The molecule has 0 bridgehead atoms. The van der Waals surface area contributed by atoms with Crippen LogP contribution in [0.2, 0.25) is 0 Å². The van der Waals surface area contributed by atoms with Crippen LogP contribution in [0.1, 0.15) is 25.3 Å². The number of piperidine rings is 1. The third-order valence-corrected chi connectivity index (χ3v) is 4.89. The Morgan fingerprint density at radius 1 is 1.20 bits per heavy atom. The zero-order valence-electron chi connectivity index (χ0n) is 12.8. The van der Waals surface area contributed by atoms with E-state index in [1.807, 2.05) is 0 Å². The lowest BCUT2D eigenvalue weighted by atomic mass is 9.96. The van der Waals surface area contributed by atoms with Gasteiger partial charge in [0.15, 0.2) is 0 Å². The molecular weight excluding hydrogens is 246 g/mol. The number of fused-ring (bicyclic) bond motifs is 1. The Balaban J connectivity index is 1.74. The fourth-order valence-corrected chi connectivity index (χ4v) is 3.64. The van der Waals surface area contributed by atoms with Crippen molar-refractivity contribution in [3.63, 3.8) is 0 Å². The molecule has 0 spiro atoms. The minimum absolute atomic E-state index is 0.627. The summed E-state index contributed by atoms with van der Waals surface area (Å²) in [4.78, 5) is 5.11. The molecule has 1 atom stereocenters. The Morgan fingerprint density at radius 3 is 2.75 bits per heavy atom. The Morgan fingerprint density at radius 2 is 1.95 bits per heavy atom. The standard InChI is InChI=1S/C17H27N3/c1-14-11-19(2)17-6-4-3-5-16(17)13-20(14)12-15-7-9-18-10-8-15/h3-6,14-15,18H,7-13H2,1-2H3. The van der Waals surface area contributed by atoms with Gasteiger partial charge in [-0.25, -0.2) is 0 Å². The van der Waals surface area contributed by atoms with E-state index >= 15 is 0 Å². The first-order chi connectivity index (χ1) is 9.74. The van der Waals surface area contributed by atoms with Crippen LogP contribution in [0.5, 0.6) is 0 Å². The molecule has 1 fully saturated rings. The molecule has 1 N–H and O–H groups in total. The van der Waals surface area contributed by atoms with Crippen molar-refractivity contribution in [1.29, 1.82) is 0 Å². The Hall–Kier alpha value is -1.06. The van der Waals surface area contributed by atoms with E-state index in [9.17, 15) is 0 Å². The molecule has 0 saturated carbocycles. The van der Waals surface area contributed by atoms with Crippen molar-refractivity contribution in [2.45, 2.75) is 32.4 Å². The van der Waals surface area contributed by atoms with Crippen LogP contribution in [0.4, 0.5) is 5.69 Å². The van der Waals surface area contributed by atoms with Crippen molar-refractivity contribution in [2.24, 2.45) is 5.92 Å². The fourth-order valence-electron chi connectivity index (χ4n) is 3.64. The topological polar surface area (TPSA) is 18.5 Å². The van der Waals surface area contributed by atoms with Crippen molar-refractivity contribution in [3.05, 3.63) is 29.8 Å². The van der Waals surface area contributed by atoms with Crippen LogP contribution < -0.4 is 10.2 Å². The first kappa shape index (κ1) is 13.9. The summed E-state index contributed by atoms with van der Waals surface area (Å²) >= 11 is 0. The molecular formula is C17H27N3. The zero-order chi connectivity index (χ0) is 13.9. The molecule has 0 aromatic heterocycles. The number of likely N-dealkylation sites (N-methyl/N-ethyl adjacent to an activating group) is 1. The SMILES string of the molecule is CC1CN(C)c2ccccc2CN1CC1CCNCC1. The van der Waals surface area contributed by atoms with Crippen LogP contribution in [-0.4, -0.2) is 44.2 Å². The molecule has 2 heterocycles. The number of benzene rings is 1. The van der Waals surface area contributed by atoms with Crippen LogP contribution in [0.15, 0.2) is 24.3 Å². The highest BCUT2D eigenvalue weighted by Crippen LogP contribution is 2.27. The summed E-state index contributed by atoms with van der Waals surface area (Å²) in [5, 5.41) is 3.47. The highest BCUT2D eigenvalue weighted by Gasteiger charge is 2.25. The summed E-state index contributed by atoms with van der Waals surface area (Å²) in [6, 6.07) is 9.51. The van der Waals surface area contributed by atoms with Crippen molar-refractivity contribution in [3.8, 4) is 0 Å². The third kappa shape index (κ3) is 2.99. The van der Waals surface area contributed by atoms with Gasteiger partial charge in [-0.1, -0.05) is 18.2 Å². The molecule has 20 heavy (non-hydrogen) atoms. The van der Waals surface area contributed by atoms with Crippen molar-refractivity contribution >= 4 is 5.69 Å². The van der Waals surface area contributed by atoms with E-state index in [0.29, 0.717) is 6.04 Å². The third-order valence-electron chi connectivity index (χ3n) is 4.89. The highest BCUT2D eigenvalue weighted by atomic mass is 15.2. The van der Waals surface area contributed by atoms with E-state index in [1.54, 1.807) is 0 Å². The Bertz CT molecular complexity index is 440. The molecule has 1 saturated heterocycles. The largest absolute Gasteiger partial charge is 0.373 e. The van der Waals surface area contributed by atoms with Gasteiger partial charge in [-0.3, -0.25) is 4.90 Å². The summed E-state index contributed by atoms with van der Waals surface area (Å²) in [7, 11) is 2.23. The molecule has 110 valence electrons. The second-order valence-corrected chi connectivity index (χ2v) is 6.48. The minimum Gasteiger partial charge on any atom is -0.373 e. The molecule has 2 aliphatic heterocycles. The molecule has 3 rings (SSSR count). The number of anilines is 1. The number of rotatable bonds is 2. The fraction of sp³-hybridized carbons (Fsp3) is 0.647. The van der Waals surface area contributed by atoms with Crippen molar-refractivity contribution in [1.82, 2.24) is 10.2 Å². The van der Waals surface area contributed by atoms with Gasteiger partial charge in [-0.2, -0.15) is 0 Å². The van der Waals surface area contributed by atoms with E-state index in [4.69, 9.17) is 0 Å². The van der Waals surface area contributed by atoms with Gasteiger partial charge in [0.25, 0.3) is 0 Å². The maximum Gasteiger partial charge on any atom is 0.0409 e. The van der Waals surface area contributed by atoms with Crippen LogP contribution >= 0.6 is 0 Å². The Kier molecular flexibility index (Phi) is 4.27. The van der Waals surface area contributed by atoms with E-state index in [-0.39, 0.29) is 0 Å². The van der Waals surface area contributed by atoms with E-state index < -0.39 is 0 Å². The number of hydrogen-bond acceptors (Lipinski definition) is 3. The first-order valence-electron chi connectivity index (χ1n) is 7.98. The number of hydrogen-bond donors (Lipinski definition) is 1. The van der Waals surface area contributed by atoms with Gasteiger partial charge in [-0.05, 0) is 50.4 Å². The average Bonchev–Trinajstić information content (AvgIpc) is 2.58. The second kappa shape index (κ2) is 6.15. The van der Waals surface area contributed by atoms with Crippen LogP contribution in [0.3, 0.4) is 0 Å². The van der Waals surface area contributed by atoms with Gasteiger partial charge in [-0.15, -0.1) is 0 Å².